The number of carbonyl (C=O) groups excluding carboxylic acids is 2. The molecule has 0 saturated heterocycles. The fourth-order valence-corrected chi connectivity index (χ4v) is 6.41. The molecule has 0 radical (unpaired) electrons. The SMILES string of the molecule is CCCNC(=O)C(CC)N(Cc1ccc(Cl)cc1Cl)C(=O)CN(c1ccc(C)cc1C)S(=O)(=O)c1ccccc1. The predicted octanol–water partition coefficient (Wildman–Crippen LogP) is 6.14. The fourth-order valence-electron chi connectivity index (χ4n) is 4.44. The molecule has 0 aliphatic heterocycles. The number of aryl methyl sites for hydroxylation is 2. The van der Waals surface area contributed by atoms with Crippen molar-refractivity contribution < 1.29 is 18.0 Å². The van der Waals surface area contributed by atoms with Crippen LogP contribution in [0.5, 0.6) is 0 Å². The van der Waals surface area contributed by atoms with Gasteiger partial charge in [-0.15, -0.1) is 0 Å². The van der Waals surface area contributed by atoms with Crippen LogP contribution in [0.3, 0.4) is 0 Å². The molecule has 3 rings (SSSR count). The molecule has 0 fully saturated rings. The van der Waals surface area contributed by atoms with E-state index in [4.69, 9.17) is 23.2 Å². The number of benzene rings is 3. The van der Waals surface area contributed by atoms with E-state index in [2.05, 4.69) is 5.32 Å². The van der Waals surface area contributed by atoms with Gasteiger partial charge in [0.25, 0.3) is 10.0 Å². The van der Waals surface area contributed by atoms with Gasteiger partial charge < -0.3 is 10.2 Å². The summed E-state index contributed by atoms with van der Waals surface area (Å²) in [6.45, 7) is 7.41. The Kier molecular flexibility index (Phi) is 11.0. The van der Waals surface area contributed by atoms with Crippen LogP contribution in [0.2, 0.25) is 10.0 Å². The Balaban J connectivity index is 2.09. The molecule has 7 nitrogen and oxygen atoms in total. The number of nitrogens with one attached hydrogen (secondary N) is 1. The molecule has 0 heterocycles. The first kappa shape index (κ1) is 31.5. The maximum atomic E-state index is 14.1. The molecular formula is C30H35Cl2N3O4S. The third kappa shape index (κ3) is 7.56. The molecule has 214 valence electrons. The zero-order valence-corrected chi connectivity index (χ0v) is 25.5. The summed E-state index contributed by atoms with van der Waals surface area (Å²) in [4.78, 5) is 28.8. The Labute approximate surface area is 247 Å². The van der Waals surface area contributed by atoms with E-state index in [0.717, 1.165) is 16.3 Å². The zero-order chi connectivity index (χ0) is 29.4. The van der Waals surface area contributed by atoms with Gasteiger partial charge >= 0.3 is 0 Å². The van der Waals surface area contributed by atoms with Crippen LogP contribution in [-0.4, -0.2) is 44.3 Å². The second-order valence-corrected chi connectivity index (χ2v) is 12.3. The average molecular weight is 605 g/mol. The summed E-state index contributed by atoms with van der Waals surface area (Å²) in [5.74, 6) is -0.851. The van der Waals surface area contributed by atoms with Gasteiger partial charge in [0.05, 0.1) is 10.6 Å². The lowest BCUT2D eigenvalue weighted by atomic mass is 10.1. The van der Waals surface area contributed by atoms with E-state index in [0.29, 0.717) is 39.8 Å². The number of amides is 2. The Hall–Kier alpha value is -3.07. The lowest BCUT2D eigenvalue weighted by Crippen LogP contribution is -2.52. The number of hydrogen-bond acceptors (Lipinski definition) is 4. The van der Waals surface area contributed by atoms with E-state index in [1.807, 2.05) is 26.8 Å². The first-order valence-corrected chi connectivity index (χ1v) is 15.3. The van der Waals surface area contributed by atoms with Gasteiger partial charge in [-0.2, -0.15) is 0 Å². The van der Waals surface area contributed by atoms with Gasteiger partial charge in [0.1, 0.15) is 12.6 Å². The van der Waals surface area contributed by atoms with Crippen LogP contribution in [0.25, 0.3) is 0 Å². The molecule has 0 aliphatic carbocycles. The molecule has 2 amide bonds. The molecule has 0 saturated carbocycles. The molecule has 0 aliphatic rings. The Morgan fingerprint density at radius 1 is 0.950 bits per heavy atom. The molecule has 0 bridgehead atoms. The largest absolute Gasteiger partial charge is 0.354 e. The van der Waals surface area contributed by atoms with E-state index < -0.39 is 28.5 Å². The van der Waals surface area contributed by atoms with E-state index in [-0.39, 0.29) is 17.3 Å². The summed E-state index contributed by atoms with van der Waals surface area (Å²) in [6.07, 6.45) is 1.05. The van der Waals surface area contributed by atoms with Gasteiger partial charge in [-0.05, 0) is 68.1 Å². The van der Waals surface area contributed by atoms with E-state index in [1.165, 1.54) is 17.0 Å². The maximum absolute atomic E-state index is 14.1. The maximum Gasteiger partial charge on any atom is 0.264 e. The van der Waals surface area contributed by atoms with Crippen LogP contribution < -0.4 is 9.62 Å². The van der Waals surface area contributed by atoms with Crippen molar-refractivity contribution in [2.24, 2.45) is 0 Å². The number of carbonyl (C=O) groups is 2. The summed E-state index contributed by atoms with van der Waals surface area (Å²) >= 11 is 12.5. The highest BCUT2D eigenvalue weighted by molar-refractivity contribution is 7.92. The molecular weight excluding hydrogens is 569 g/mol. The van der Waals surface area contributed by atoms with Crippen LogP contribution in [-0.2, 0) is 26.2 Å². The molecule has 40 heavy (non-hydrogen) atoms. The number of halogens is 2. The quantitative estimate of drug-likeness (QED) is 0.269. The summed E-state index contributed by atoms with van der Waals surface area (Å²) in [5, 5.41) is 3.65. The van der Waals surface area contributed by atoms with Crippen LogP contribution in [0, 0.1) is 13.8 Å². The highest BCUT2D eigenvalue weighted by Gasteiger charge is 2.34. The second-order valence-electron chi connectivity index (χ2n) is 9.59. The summed E-state index contributed by atoms with van der Waals surface area (Å²) in [6, 6.07) is 17.4. The molecule has 1 atom stereocenters. The van der Waals surface area contributed by atoms with Gasteiger partial charge in [-0.3, -0.25) is 13.9 Å². The van der Waals surface area contributed by atoms with Gasteiger partial charge in [-0.1, -0.05) is 79.0 Å². The Morgan fingerprint density at radius 3 is 2.25 bits per heavy atom. The van der Waals surface area contributed by atoms with Gasteiger partial charge in [-0.25, -0.2) is 8.42 Å². The van der Waals surface area contributed by atoms with Crippen molar-refractivity contribution in [3.63, 3.8) is 0 Å². The van der Waals surface area contributed by atoms with Crippen molar-refractivity contribution in [2.45, 2.75) is 58.0 Å². The molecule has 0 spiro atoms. The topological polar surface area (TPSA) is 86.8 Å². The minimum absolute atomic E-state index is 0.00100. The molecule has 1 unspecified atom stereocenters. The Morgan fingerprint density at radius 2 is 1.65 bits per heavy atom. The van der Waals surface area contributed by atoms with Crippen molar-refractivity contribution in [3.8, 4) is 0 Å². The van der Waals surface area contributed by atoms with E-state index >= 15 is 0 Å². The van der Waals surface area contributed by atoms with Gasteiger partial charge in [0, 0.05) is 23.1 Å². The summed E-state index contributed by atoms with van der Waals surface area (Å²) in [5.41, 5.74) is 2.63. The molecule has 3 aromatic carbocycles. The van der Waals surface area contributed by atoms with E-state index in [1.54, 1.807) is 55.5 Å². The van der Waals surface area contributed by atoms with Crippen LogP contribution in [0.4, 0.5) is 5.69 Å². The van der Waals surface area contributed by atoms with Gasteiger partial charge in [0.2, 0.25) is 11.8 Å². The zero-order valence-electron chi connectivity index (χ0n) is 23.2. The summed E-state index contributed by atoms with van der Waals surface area (Å²) in [7, 11) is -4.13. The molecule has 3 aromatic rings. The fraction of sp³-hybridized carbons (Fsp3) is 0.333. The minimum Gasteiger partial charge on any atom is -0.354 e. The van der Waals surface area contributed by atoms with Crippen LogP contribution in [0.1, 0.15) is 43.4 Å². The monoisotopic (exact) mass is 603 g/mol. The van der Waals surface area contributed by atoms with E-state index in [9.17, 15) is 18.0 Å². The van der Waals surface area contributed by atoms with Crippen molar-refractivity contribution in [2.75, 3.05) is 17.4 Å². The van der Waals surface area contributed by atoms with Crippen molar-refractivity contribution in [3.05, 3.63) is 93.5 Å². The molecule has 1 N–H and O–H groups in total. The lowest BCUT2D eigenvalue weighted by molar-refractivity contribution is -0.140. The number of anilines is 1. The lowest BCUT2D eigenvalue weighted by Gasteiger charge is -2.33. The second kappa shape index (κ2) is 14.0. The highest BCUT2D eigenvalue weighted by Crippen LogP contribution is 2.29. The molecule has 0 aromatic heterocycles. The van der Waals surface area contributed by atoms with Crippen LogP contribution in [0.15, 0.2) is 71.6 Å². The van der Waals surface area contributed by atoms with Crippen LogP contribution >= 0.6 is 23.2 Å². The number of hydrogen-bond donors (Lipinski definition) is 1. The summed E-state index contributed by atoms with van der Waals surface area (Å²) < 4.78 is 29.0. The normalized spacial score (nSPS) is 12.1. The highest BCUT2D eigenvalue weighted by atomic mass is 35.5. The first-order valence-electron chi connectivity index (χ1n) is 13.2. The number of nitrogens with zero attached hydrogens (tertiary/aromatic N) is 2. The number of sulfonamides is 1. The number of rotatable bonds is 12. The van der Waals surface area contributed by atoms with Crippen molar-refractivity contribution in [1.29, 1.82) is 0 Å². The van der Waals surface area contributed by atoms with Crippen molar-refractivity contribution >= 4 is 50.7 Å². The third-order valence-corrected chi connectivity index (χ3v) is 8.88. The smallest absolute Gasteiger partial charge is 0.264 e. The molecule has 10 heteroatoms. The predicted molar refractivity (Wildman–Crippen MR) is 161 cm³/mol. The average Bonchev–Trinajstić information content (AvgIpc) is 2.92. The first-order chi connectivity index (χ1) is 19.0. The Bertz CT molecular complexity index is 1450. The van der Waals surface area contributed by atoms with Gasteiger partial charge in [0.15, 0.2) is 0 Å². The standard InChI is InChI=1S/C30H35Cl2N3O4S/c1-5-16-33-30(37)27(6-2)34(19-23-13-14-24(31)18-26(23)32)29(36)20-35(28-15-12-21(3)17-22(28)4)40(38,39)25-10-8-7-9-11-25/h7-15,17-18,27H,5-6,16,19-20H2,1-4H3,(H,33,37). The third-order valence-electron chi connectivity index (χ3n) is 6.52. The minimum atomic E-state index is -4.13. The van der Waals surface area contributed by atoms with Crippen molar-refractivity contribution in [1.82, 2.24) is 10.2 Å².